The highest BCUT2D eigenvalue weighted by Crippen LogP contribution is 2.17. The number of aromatic nitrogens is 2. The van der Waals surface area contributed by atoms with Gasteiger partial charge in [0.15, 0.2) is 0 Å². The van der Waals surface area contributed by atoms with Crippen molar-refractivity contribution in [3.8, 4) is 0 Å². The molecule has 0 saturated carbocycles. The minimum Gasteiger partial charge on any atom is -0.329 e. The summed E-state index contributed by atoms with van der Waals surface area (Å²) in [7, 11) is 0. The third-order valence-electron chi connectivity index (χ3n) is 3.16. The SMILES string of the molecule is Cc1ncc(CN2CCCC2)n1C(C)C. The zero-order valence-electron chi connectivity index (χ0n) is 10.0. The Kier molecular flexibility index (Phi) is 3.10. The molecular weight excluding hydrogens is 186 g/mol. The van der Waals surface area contributed by atoms with Crippen LogP contribution < -0.4 is 0 Å². The van der Waals surface area contributed by atoms with Crippen LogP contribution in [0.3, 0.4) is 0 Å². The molecule has 3 nitrogen and oxygen atoms in total. The molecule has 1 aliphatic rings. The number of likely N-dealkylation sites (tertiary alicyclic amines) is 1. The van der Waals surface area contributed by atoms with Crippen LogP contribution in [0.2, 0.25) is 0 Å². The van der Waals surface area contributed by atoms with Gasteiger partial charge in [-0.15, -0.1) is 0 Å². The summed E-state index contributed by atoms with van der Waals surface area (Å²) in [6, 6.07) is 0.519. The topological polar surface area (TPSA) is 21.1 Å². The second kappa shape index (κ2) is 4.35. The number of hydrogen-bond acceptors (Lipinski definition) is 2. The van der Waals surface area contributed by atoms with Crippen molar-refractivity contribution in [3.05, 3.63) is 17.7 Å². The Bertz CT molecular complexity index is 322. The predicted octanol–water partition coefficient (Wildman–Crippen LogP) is 2.37. The summed E-state index contributed by atoms with van der Waals surface area (Å²) < 4.78 is 2.35. The Balaban J connectivity index is 2.13. The van der Waals surface area contributed by atoms with Crippen molar-refractivity contribution in [3.63, 3.8) is 0 Å². The zero-order chi connectivity index (χ0) is 10.8. The molecule has 1 aliphatic heterocycles. The van der Waals surface area contributed by atoms with Gasteiger partial charge in [0.2, 0.25) is 0 Å². The number of nitrogens with zero attached hydrogens (tertiary/aromatic N) is 3. The van der Waals surface area contributed by atoms with E-state index in [1.807, 2.05) is 6.20 Å². The third-order valence-corrected chi connectivity index (χ3v) is 3.16. The van der Waals surface area contributed by atoms with Crippen LogP contribution >= 0.6 is 0 Å². The fraction of sp³-hybridized carbons (Fsp3) is 0.750. The second-order valence-corrected chi connectivity index (χ2v) is 4.74. The van der Waals surface area contributed by atoms with Crippen LogP contribution in [0.15, 0.2) is 6.20 Å². The number of aryl methyl sites for hydroxylation is 1. The molecule has 0 aliphatic carbocycles. The molecule has 3 heteroatoms. The molecule has 1 fully saturated rings. The molecule has 0 bridgehead atoms. The van der Waals surface area contributed by atoms with Crippen LogP contribution in [-0.2, 0) is 6.54 Å². The van der Waals surface area contributed by atoms with Crippen LogP contribution in [0.1, 0.15) is 44.2 Å². The standard InChI is InChI=1S/C12H21N3/c1-10(2)15-11(3)13-8-12(15)9-14-6-4-5-7-14/h8,10H,4-7,9H2,1-3H3. The van der Waals surface area contributed by atoms with Crippen molar-refractivity contribution in [2.45, 2.75) is 46.2 Å². The molecule has 1 aromatic heterocycles. The van der Waals surface area contributed by atoms with Crippen molar-refractivity contribution in [1.82, 2.24) is 14.5 Å². The maximum atomic E-state index is 4.42. The highest BCUT2D eigenvalue weighted by molar-refractivity contribution is 5.06. The van der Waals surface area contributed by atoms with Crippen LogP contribution in [0.5, 0.6) is 0 Å². The number of imidazole rings is 1. The summed E-state index contributed by atoms with van der Waals surface area (Å²) in [5, 5.41) is 0. The summed E-state index contributed by atoms with van der Waals surface area (Å²) >= 11 is 0. The van der Waals surface area contributed by atoms with Crippen molar-refractivity contribution in [2.75, 3.05) is 13.1 Å². The van der Waals surface area contributed by atoms with E-state index >= 15 is 0 Å². The van der Waals surface area contributed by atoms with Crippen LogP contribution in [0.4, 0.5) is 0 Å². The fourth-order valence-corrected chi connectivity index (χ4v) is 2.49. The van der Waals surface area contributed by atoms with E-state index in [1.165, 1.54) is 31.6 Å². The molecule has 0 N–H and O–H groups in total. The lowest BCUT2D eigenvalue weighted by molar-refractivity contribution is 0.318. The summed E-state index contributed by atoms with van der Waals surface area (Å²) in [4.78, 5) is 6.94. The molecule has 2 rings (SSSR count). The van der Waals surface area contributed by atoms with Crippen molar-refractivity contribution >= 4 is 0 Å². The Morgan fingerprint density at radius 2 is 2.00 bits per heavy atom. The van der Waals surface area contributed by atoms with Gasteiger partial charge in [0.1, 0.15) is 5.82 Å². The van der Waals surface area contributed by atoms with E-state index < -0.39 is 0 Å². The minimum atomic E-state index is 0.519. The first-order valence-corrected chi connectivity index (χ1v) is 5.93. The highest BCUT2D eigenvalue weighted by atomic mass is 15.2. The number of hydrogen-bond donors (Lipinski definition) is 0. The molecule has 0 amide bonds. The molecule has 0 atom stereocenters. The van der Waals surface area contributed by atoms with Gasteiger partial charge < -0.3 is 4.57 Å². The van der Waals surface area contributed by atoms with Gasteiger partial charge >= 0.3 is 0 Å². The van der Waals surface area contributed by atoms with Gasteiger partial charge in [-0.3, -0.25) is 4.90 Å². The molecule has 1 aromatic rings. The molecule has 84 valence electrons. The van der Waals surface area contributed by atoms with E-state index in [0.29, 0.717) is 6.04 Å². The van der Waals surface area contributed by atoms with Crippen LogP contribution in [-0.4, -0.2) is 27.5 Å². The Morgan fingerprint density at radius 3 is 2.60 bits per heavy atom. The first kappa shape index (κ1) is 10.7. The maximum absolute atomic E-state index is 4.42. The van der Waals surface area contributed by atoms with Crippen molar-refractivity contribution in [2.24, 2.45) is 0 Å². The molecule has 1 saturated heterocycles. The summed E-state index contributed by atoms with van der Waals surface area (Å²) in [6.45, 7) is 10.1. The van der Waals surface area contributed by atoms with E-state index in [0.717, 1.165) is 12.4 Å². The summed E-state index contributed by atoms with van der Waals surface area (Å²) in [6.07, 6.45) is 4.75. The van der Waals surface area contributed by atoms with Crippen LogP contribution in [0, 0.1) is 6.92 Å². The summed E-state index contributed by atoms with van der Waals surface area (Å²) in [5.41, 5.74) is 1.37. The maximum Gasteiger partial charge on any atom is 0.105 e. The molecule has 15 heavy (non-hydrogen) atoms. The van der Waals surface area contributed by atoms with E-state index in [-0.39, 0.29) is 0 Å². The molecule has 0 aromatic carbocycles. The van der Waals surface area contributed by atoms with Gasteiger partial charge in [0.25, 0.3) is 0 Å². The third kappa shape index (κ3) is 2.23. The molecule has 0 unspecified atom stereocenters. The fourth-order valence-electron chi connectivity index (χ4n) is 2.49. The second-order valence-electron chi connectivity index (χ2n) is 4.74. The first-order valence-electron chi connectivity index (χ1n) is 5.93. The Hall–Kier alpha value is -0.830. The van der Waals surface area contributed by atoms with Gasteiger partial charge in [-0.25, -0.2) is 4.98 Å². The lowest BCUT2D eigenvalue weighted by Gasteiger charge is -2.19. The van der Waals surface area contributed by atoms with Crippen LogP contribution in [0.25, 0.3) is 0 Å². The Morgan fingerprint density at radius 1 is 1.33 bits per heavy atom. The average molecular weight is 207 g/mol. The van der Waals surface area contributed by atoms with Crippen molar-refractivity contribution in [1.29, 1.82) is 0 Å². The molecule has 0 radical (unpaired) electrons. The molecular formula is C12H21N3. The first-order chi connectivity index (χ1) is 7.18. The van der Waals surface area contributed by atoms with Crippen molar-refractivity contribution < 1.29 is 0 Å². The highest BCUT2D eigenvalue weighted by Gasteiger charge is 2.16. The van der Waals surface area contributed by atoms with Gasteiger partial charge in [-0.1, -0.05) is 0 Å². The largest absolute Gasteiger partial charge is 0.329 e. The van der Waals surface area contributed by atoms with Gasteiger partial charge in [0, 0.05) is 18.8 Å². The number of rotatable bonds is 3. The molecule has 0 spiro atoms. The normalized spacial score (nSPS) is 17.9. The van der Waals surface area contributed by atoms with E-state index in [4.69, 9.17) is 0 Å². The monoisotopic (exact) mass is 207 g/mol. The quantitative estimate of drug-likeness (QED) is 0.758. The Labute approximate surface area is 92.1 Å². The van der Waals surface area contributed by atoms with Gasteiger partial charge in [0.05, 0.1) is 5.69 Å². The molecule has 2 heterocycles. The lowest BCUT2D eigenvalue weighted by atomic mass is 10.3. The average Bonchev–Trinajstić information content (AvgIpc) is 2.76. The van der Waals surface area contributed by atoms with Gasteiger partial charge in [-0.05, 0) is 46.7 Å². The smallest absolute Gasteiger partial charge is 0.105 e. The predicted molar refractivity (Wildman–Crippen MR) is 61.9 cm³/mol. The van der Waals surface area contributed by atoms with E-state index in [2.05, 4.69) is 35.2 Å². The van der Waals surface area contributed by atoms with Gasteiger partial charge in [-0.2, -0.15) is 0 Å². The minimum absolute atomic E-state index is 0.519. The zero-order valence-corrected chi connectivity index (χ0v) is 10.0. The van der Waals surface area contributed by atoms with E-state index in [9.17, 15) is 0 Å². The lowest BCUT2D eigenvalue weighted by Crippen LogP contribution is -2.21. The summed E-state index contributed by atoms with van der Waals surface area (Å²) in [5.74, 6) is 1.14. The van der Waals surface area contributed by atoms with E-state index in [1.54, 1.807) is 0 Å².